The molecule has 0 atom stereocenters. The van der Waals surface area contributed by atoms with Gasteiger partial charge in [0.15, 0.2) is 0 Å². The Balaban J connectivity index is 2.21. The molecule has 0 radical (unpaired) electrons. The number of sulfonamides is 1. The predicted octanol–water partition coefficient (Wildman–Crippen LogP) is 1.93. The Morgan fingerprint density at radius 3 is 2.57 bits per heavy atom. The summed E-state index contributed by atoms with van der Waals surface area (Å²) in [5.74, 6) is 0. The second-order valence-electron chi connectivity index (χ2n) is 4.97. The quantitative estimate of drug-likeness (QED) is 0.792. The number of hydrogen-bond acceptors (Lipinski definition) is 4. The number of aryl methyl sites for hydroxylation is 1. The van der Waals surface area contributed by atoms with Crippen LogP contribution in [0.3, 0.4) is 0 Å². The Morgan fingerprint density at radius 2 is 1.86 bits per heavy atom. The fourth-order valence-electron chi connectivity index (χ4n) is 2.52. The van der Waals surface area contributed by atoms with Gasteiger partial charge in [0.2, 0.25) is 10.0 Å². The van der Waals surface area contributed by atoms with Crippen LogP contribution < -0.4 is 0 Å². The number of pyridine rings is 1. The van der Waals surface area contributed by atoms with Crippen LogP contribution in [0.4, 0.5) is 0 Å². The van der Waals surface area contributed by atoms with Gasteiger partial charge in [-0.1, -0.05) is 30.4 Å². The summed E-state index contributed by atoms with van der Waals surface area (Å²) >= 11 is 5.42. The molecule has 1 aromatic carbocycles. The highest BCUT2D eigenvalue weighted by Crippen LogP contribution is 2.24. The molecule has 0 aliphatic carbocycles. The lowest BCUT2D eigenvalue weighted by Crippen LogP contribution is -2.40. The molecule has 5 nitrogen and oxygen atoms in total. The van der Waals surface area contributed by atoms with Crippen LogP contribution in [0.5, 0.6) is 0 Å². The summed E-state index contributed by atoms with van der Waals surface area (Å²) in [5.41, 5.74) is 0.920. The molecule has 0 amide bonds. The summed E-state index contributed by atoms with van der Waals surface area (Å²) in [6.07, 6.45) is 1.61. The maximum atomic E-state index is 12.8. The Bertz CT molecular complexity index is 837. The second kappa shape index (κ2) is 5.49. The molecule has 112 valence electrons. The average Bonchev–Trinajstić information content (AvgIpc) is 2.51. The molecule has 1 fully saturated rings. The minimum absolute atomic E-state index is 0.195. The number of morpholine rings is 1. The Morgan fingerprint density at radius 1 is 1.19 bits per heavy atom. The fourth-order valence-corrected chi connectivity index (χ4v) is 4.60. The maximum absolute atomic E-state index is 12.8. The predicted molar refractivity (Wildman–Crippen MR) is 83.3 cm³/mol. The van der Waals surface area contributed by atoms with Crippen molar-refractivity contribution in [3.05, 3.63) is 35.0 Å². The number of para-hydroxylation sites is 1. The topological polar surface area (TPSA) is 51.5 Å². The highest BCUT2D eigenvalue weighted by atomic mass is 32.2. The number of benzene rings is 1. The molecule has 0 N–H and O–H groups in total. The van der Waals surface area contributed by atoms with Gasteiger partial charge in [0.25, 0.3) is 0 Å². The third-order valence-electron chi connectivity index (χ3n) is 3.65. The lowest BCUT2D eigenvalue weighted by atomic mass is 10.2. The minimum atomic E-state index is -3.58. The fraction of sp³-hybridized carbons (Fsp3) is 0.357. The van der Waals surface area contributed by atoms with E-state index in [0.29, 0.717) is 30.8 Å². The summed E-state index contributed by atoms with van der Waals surface area (Å²) in [5, 5.41) is 0.782. The van der Waals surface area contributed by atoms with Gasteiger partial charge in [0.1, 0.15) is 4.90 Å². The van der Waals surface area contributed by atoms with Gasteiger partial charge in [-0.25, -0.2) is 8.42 Å². The number of rotatable bonds is 2. The van der Waals surface area contributed by atoms with Gasteiger partial charge in [-0.2, -0.15) is 4.31 Å². The van der Waals surface area contributed by atoms with Crippen molar-refractivity contribution < 1.29 is 13.2 Å². The first-order chi connectivity index (χ1) is 10.0. The largest absolute Gasteiger partial charge is 0.379 e. The Hall–Kier alpha value is -1.28. The van der Waals surface area contributed by atoms with E-state index in [-0.39, 0.29) is 4.90 Å². The molecular weight excluding hydrogens is 308 g/mol. The van der Waals surface area contributed by atoms with E-state index < -0.39 is 10.0 Å². The van der Waals surface area contributed by atoms with Crippen LogP contribution in [0.25, 0.3) is 10.9 Å². The van der Waals surface area contributed by atoms with Crippen molar-refractivity contribution >= 4 is 33.1 Å². The van der Waals surface area contributed by atoms with Crippen LogP contribution in [0, 0.1) is 4.51 Å². The number of ether oxygens (including phenoxy) is 1. The zero-order chi connectivity index (χ0) is 15.0. The average molecular weight is 324 g/mol. The number of fused-ring (bicyclic) bond motifs is 1. The summed E-state index contributed by atoms with van der Waals surface area (Å²) in [7, 11) is -1.75. The first-order valence-corrected chi connectivity index (χ1v) is 8.53. The highest BCUT2D eigenvalue weighted by Gasteiger charge is 2.28. The first kappa shape index (κ1) is 14.6. The third kappa shape index (κ3) is 2.50. The molecule has 0 spiro atoms. The van der Waals surface area contributed by atoms with Crippen molar-refractivity contribution in [2.45, 2.75) is 4.90 Å². The maximum Gasteiger partial charge on any atom is 0.246 e. The Kier molecular flexibility index (Phi) is 3.83. The Labute approximate surface area is 128 Å². The van der Waals surface area contributed by atoms with E-state index in [2.05, 4.69) is 0 Å². The summed E-state index contributed by atoms with van der Waals surface area (Å²) in [6, 6.07) is 7.56. The molecule has 0 bridgehead atoms. The van der Waals surface area contributed by atoms with E-state index >= 15 is 0 Å². The van der Waals surface area contributed by atoms with E-state index in [1.165, 1.54) is 4.31 Å². The molecule has 2 aromatic rings. The van der Waals surface area contributed by atoms with Gasteiger partial charge in [-0.15, -0.1) is 0 Å². The molecule has 21 heavy (non-hydrogen) atoms. The van der Waals surface area contributed by atoms with Crippen molar-refractivity contribution in [2.75, 3.05) is 26.3 Å². The SMILES string of the molecule is Cn1cc(S(=O)(=O)N2CCOCC2)c(=S)c2ccccc21. The van der Waals surface area contributed by atoms with Crippen LogP contribution in [0.1, 0.15) is 0 Å². The van der Waals surface area contributed by atoms with E-state index in [1.807, 2.05) is 31.3 Å². The normalized spacial score (nSPS) is 17.2. The highest BCUT2D eigenvalue weighted by molar-refractivity contribution is 7.89. The van der Waals surface area contributed by atoms with E-state index in [1.54, 1.807) is 10.8 Å². The van der Waals surface area contributed by atoms with Crippen molar-refractivity contribution in [1.29, 1.82) is 0 Å². The molecule has 0 unspecified atom stereocenters. The van der Waals surface area contributed by atoms with Crippen LogP contribution >= 0.6 is 12.2 Å². The monoisotopic (exact) mass is 324 g/mol. The lowest BCUT2D eigenvalue weighted by molar-refractivity contribution is 0.0730. The van der Waals surface area contributed by atoms with Crippen molar-refractivity contribution in [1.82, 2.24) is 8.87 Å². The smallest absolute Gasteiger partial charge is 0.246 e. The van der Waals surface area contributed by atoms with Crippen LogP contribution in [0.2, 0.25) is 0 Å². The molecule has 1 aliphatic rings. The van der Waals surface area contributed by atoms with E-state index in [0.717, 1.165) is 10.9 Å². The first-order valence-electron chi connectivity index (χ1n) is 6.68. The summed E-state index contributed by atoms with van der Waals surface area (Å²) in [6.45, 7) is 1.58. The second-order valence-corrected chi connectivity index (χ2v) is 7.28. The van der Waals surface area contributed by atoms with Gasteiger partial charge in [0, 0.05) is 37.2 Å². The third-order valence-corrected chi connectivity index (χ3v) is 6.13. The van der Waals surface area contributed by atoms with Crippen molar-refractivity contribution in [3.8, 4) is 0 Å². The number of nitrogens with zero attached hydrogens (tertiary/aromatic N) is 2. The molecule has 0 saturated carbocycles. The molecular formula is C14H16N2O3S2. The van der Waals surface area contributed by atoms with Crippen LogP contribution in [-0.4, -0.2) is 43.6 Å². The number of aromatic nitrogens is 1. The molecule has 3 rings (SSSR count). The van der Waals surface area contributed by atoms with E-state index in [9.17, 15) is 8.42 Å². The molecule has 1 saturated heterocycles. The van der Waals surface area contributed by atoms with Crippen LogP contribution in [-0.2, 0) is 21.8 Å². The molecule has 7 heteroatoms. The zero-order valence-electron chi connectivity index (χ0n) is 11.7. The van der Waals surface area contributed by atoms with Gasteiger partial charge >= 0.3 is 0 Å². The van der Waals surface area contributed by atoms with Gasteiger partial charge in [-0.05, 0) is 6.07 Å². The number of hydrogen-bond donors (Lipinski definition) is 0. The standard InChI is InChI=1S/C14H16N2O3S2/c1-15-10-13(14(20)11-4-2-3-5-12(11)15)21(17,18)16-6-8-19-9-7-16/h2-5,10H,6-9H2,1H3. The van der Waals surface area contributed by atoms with Crippen LogP contribution in [0.15, 0.2) is 35.4 Å². The van der Waals surface area contributed by atoms with Crippen molar-refractivity contribution in [2.24, 2.45) is 7.05 Å². The van der Waals surface area contributed by atoms with Gasteiger partial charge in [-0.3, -0.25) is 0 Å². The van der Waals surface area contributed by atoms with Crippen molar-refractivity contribution in [3.63, 3.8) is 0 Å². The van der Waals surface area contributed by atoms with Gasteiger partial charge < -0.3 is 9.30 Å². The summed E-state index contributed by atoms with van der Waals surface area (Å²) in [4.78, 5) is 0.195. The zero-order valence-corrected chi connectivity index (χ0v) is 13.3. The van der Waals surface area contributed by atoms with E-state index in [4.69, 9.17) is 17.0 Å². The summed E-state index contributed by atoms with van der Waals surface area (Å²) < 4.78 is 34.4. The minimum Gasteiger partial charge on any atom is -0.379 e. The molecule has 1 aliphatic heterocycles. The molecule has 1 aromatic heterocycles. The van der Waals surface area contributed by atoms with Gasteiger partial charge in [0.05, 0.1) is 17.7 Å². The molecule has 2 heterocycles. The lowest BCUT2D eigenvalue weighted by Gasteiger charge is -2.26.